The molecule has 3 heteroatoms. The number of ether oxygens (including phenoxy) is 1. The van der Waals surface area contributed by atoms with E-state index in [-0.39, 0.29) is 0 Å². The Hall–Kier alpha value is -1.06. The number of aromatic hydroxyl groups is 1. The molecule has 0 fully saturated rings. The van der Waals surface area contributed by atoms with Gasteiger partial charge >= 0.3 is 0 Å². The lowest BCUT2D eigenvalue weighted by atomic mass is 9.77. The van der Waals surface area contributed by atoms with E-state index in [0.29, 0.717) is 12.4 Å². The predicted molar refractivity (Wildman–Crippen MR) is 58.8 cm³/mol. The van der Waals surface area contributed by atoms with Crippen molar-refractivity contribution in [3.8, 4) is 5.75 Å². The van der Waals surface area contributed by atoms with E-state index < -0.39 is 5.54 Å². The molecule has 1 aromatic rings. The van der Waals surface area contributed by atoms with Crippen LogP contribution in [-0.4, -0.2) is 18.8 Å². The lowest BCUT2D eigenvalue weighted by Crippen LogP contribution is -2.44. The van der Waals surface area contributed by atoms with Gasteiger partial charge in [-0.1, -0.05) is 12.1 Å². The van der Waals surface area contributed by atoms with Gasteiger partial charge in [0.05, 0.1) is 12.1 Å². The third kappa shape index (κ3) is 1.73. The molecule has 0 saturated heterocycles. The topological polar surface area (TPSA) is 55.5 Å². The van der Waals surface area contributed by atoms with Crippen LogP contribution in [0.15, 0.2) is 18.2 Å². The maximum absolute atomic E-state index is 9.76. The highest BCUT2D eigenvalue weighted by atomic mass is 16.5. The molecule has 0 aliphatic heterocycles. The third-order valence-corrected chi connectivity index (χ3v) is 3.14. The fourth-order valence-electron chi connectivity index (χ4n) is 2.43. The van der Waals surface area contributed by atoms with E-state index >= 15 is 0 Å². The molecular formula is C12H17NO2. The van der Waals surface area contributed by atoms with E-state index in [9.17, 15) is 5.11 Å². The van der Waals surface area contributed by atoms with Gasteiger partial charge in [0.15, 0.2) is 0 Å². The van der Waals surface area contributed by atoms with Crippen LogP contribution < -0.4 is 5.73 Å². The molecule has 0 spiro atoms. The number of rotatable bonds is 2. The molecule has 1 aliphatic carbocycles. The second-order valence-corrected chi connectivity index (χ2v) is 4.25. The van der Waals surface area contributed by atoms with Crippen molar-refractivity contribution in [1.82, 2.24) is 0 Å². The number of nitrogens with two attached hydrogens (primary N) is 1. The van der Waals surface area contributed by atoms with Crippen LogP contribution in [0.1, 0.15) is 24.0 Å². The van der Waals surface area contributed by atoms with Crippen LogP contribution in [0.3, 0.4) is 0 Å². The third-order valence-electron chi connectivity index (χ3n) is 3.14. The van der Waals surface area contributed by atoms with Gasteiger partial charge in [0.25, 0.3) is 0 Å². The number of benzene rings is 1. The lowest BCUT2D eigenvalue weighted by molar-refractivity contribution is 0.120. The summed E-state index contributed by atoms with van der Waals surface area (Å²) in [5.74, 6) is 0.359. The smallest absolute Gasteiger partial charge is 0.119 e. The summed E-state index contributed by atoms with van der Waals surface area (Å²) >= 11 is 0. The van der Waals surface area contributed by atoms with Crippen molar-refractivity contribution in [3.05, 3.63) is 29.3 Å². The average Bonchev–Trinajstić information content (AvgIpc) is 2.20. The number of phenolic OH excluding ortho intramolecular Hbond substituents is 1. The molecule has 1 unspecified atom stereocenters. The van der Waals surface area contributed by atoms with Gasteiger partial charge in [-0.25, -0.2) is 0 Å². The summed E-state index contributed by atoms with van der Waals surface area (Å²) in [5.41, 5.74) is 7.91. The van der Waals surface area contributed by atoms with E-state index in [0.717, 1.165) is 30.4 Å². The first-order chi connectivity index (χ1) is 7.17. The van der Waals surface area contributed by atoms with E-state index in [1.54, 1.807) is 13.2 Å². The molecule has 1 atom stereocenters. The van der Waals surface area contributed by atoms with Crippen molar-refractivity contribution in [3.63, 3.8) is 0 Å². The number of hydrogen-bond acceptors (Lipinski definition) is 3. The predicted octanol–water partition coefficient (Wildman–Crippen LogP) is 1.53. The first-order valence-electron chi connectivity index (χ1n) is 5.26. The Morgan fingerprint density at radius 3 is 3.07 bits per heavy atom. The lowest BCUT2D eigenvalue weighted by Gasteiger charge is -2.35. The van der Waals surface area contributed by atoms with Crippen molar-refractivity contribution in [2.45, 2.75) is 24.8 Å². The number of phenols is 1. The molecule has 2 rings (SSSR count). The zero-order chi connectivity index (χ0) is 10.9. The van der Waals surface area contributed by atoms with Gasteiger partial charge in [0, 0.05) is 7.11 Å². The number of fused-ring (bicyclic) bond motifs is 1. The van der Waals surface area contributed by atoms with Crippen LogP contribution in [0, 0.1) is 0 Å². The van der Waals surface area contributed by atoms with Crippen molar-refractivity contribution < 1.29 is 9.84 Å². The Morgan fingerprint density at radius 2 is 2.33 bits per heavy atom. The molecule has 0 radical (unpaired) electrons. The summed E-state index contributed by atoms with van der Waals surface area (Å²) in [6, 6.07) is 5.56. The molecule has 0 amide bonds. The summed E-state index contributed by atoms with van der Waals surface area (Å²) in [5, 5.41) is 9.76. The first-order valence-corrected chi connectivity index (χ1v) is 5.26. The van der Waals surface area contributed by atoms with Gasteiger partial charge in [-0.3, -0.25) is 0 Å². The largest absolute Gasteiger partial charge is 0.508 e. The summed E-state index contributed by atoms with van der Waals surface area (Å²) in [6.45, 7) is 0.503. The second kappa shape index (κ2) is 3.83. The van der Waals surface area contributed by atoms with Crippen LogP contribution in [-0.2, 0) is 16.7 Å². The minimum Gasteiger partial charge on any atom is -0.508 e. The SMILES string of the molecule is COCC1(N)CCCc2c(O)cccc21. The Bertz CT molecular complexity index is 365. The van der Waals surface area contributed by atoms with Crippen molar-refractivity contribution in [1.29, 1.82) is 0 Å². The van der Waals surface area contributed by atoms with Crippen LogP contribution in [0.5, 0.6) is 5.75 Å². The van der Waals surface area contributed by atoms with E-state index in [1.807, 2.05) is 12.1 Å². The zero-order valence-corrected chi connectivity index (χ0v) is 8.99. The standard InChI is InChI=1S/C12H17NO2/c1-15-8-12(13)7-3-4-9-10(12)5-2-6-11(9)14/h2,5-6,14H,3-4,7-8,13H2,1H3. The fourth-order valence-corrected chi connectivity index (χ4v) is 2.43. The fraction of sp³-hybridized carbons (Fsp3) is 0.500. The van der Waals surface area contributed by atoms with Crippen LogP contribution >= 0.6 is 0 Å². The Kier molecular flexibility index (Phi) is 2.67. The van der Waals surface area contributed by atoms with Gasteiger partial charge in [0.2, 0.25) is 0 Å². The normalized spacial score (nSPS) is 24.9. The van der Waals surface area contributed by atoms with Crippen molar-refractivity contribution >= 4 is 0 Å². The molecule has 82 valence electrons. The highest BCUT2D eigenvalue weighted by Crippen LogP contribution is 2.37. The Morgan fingerprint density at radius 1 is 1.53 bits per heavy atom. The van der Waals surface area contributed by atoms with Crippen molar-refractivity contribution in [2.24, 2.45) is 5.73 Å². The molecule has 0 heterocycles. The van der Waals surface area contributed by atoms with Gasteiger partial charge in [-0.05, 0) is 36.5 Å². The van der Waals surface area contributed by atoms with Crippen LogP contribution in [0.2, 0.25) is 0 Å². The first kappa shape index (κ1) is 10.5. The molecule has 15 heavy (non-hydrogen) atoms. The van der Waals surface area contributed by atoms with Crippen molar-refractivity contribution in [2.75, 3.05) is 13.7 Å². The minimum absolute atomic E-state index is 0.359. The minimum atomic E-state index is -0.429. The number of methoxy groups -OCH3 is 1. The summed E-state index contributed by atoms with van der Waals surface area (Å²) < 4.78 is 5.17. The molecule has 1 aromatic carbocycles. The Balaban J connectivity index is 2.46. The number of hydrogen-bond donors (Lipinski definition) is 2. The van der Waals surface area contributed by atoms with E-state index in [4.69, 9.17) is 10.5 Å². The maximum atomic E-state index is 9.76. The van der Waals surface area contributed by atoms with Crippen LogP contribution in [0.25, 0.3) is 0 Å². The molecular weight excluding hydrogens is 190 g/mol. The molecule has 0 saturated carbocycles. The molecule has 0 aromatic heterocycles. The van der Waals surface area contributed by atoms with Gasteiger partial charge in [-0.15, -0.1) is 0 Å². The van der Waals surface area contributed by atoms with Gasteiger partial charge in [0.1, 0.15) is 5.75 Å². The molecule has 3 N–H and O–H groups in total. The highest BCUT2D eigenvalue weighted by molar-refractivity contribution is 5.44. The zero-order valence-electron chi connectivity index (χ0n) is 8.99. The summed E-state index contributed by atoms with van der Waals surface area (Å²) in [4.78, 5) is 0. The van der Waals surface area contributed by atoms with Crippen LogP contribution in [0.4, 0.5) is 0 Å². The quantitative estimate of drug-likeness (QED) is 0.773. The monoisotopic (exact) mass is 207 g/mol. The summed E-state index contributed by atoms with van der Waals surface area (Å²) in [7, 11) is 1.66. The average molecular weight is 207 g/mol. The van der Waals surface area contributed by atoms with E-state index in [2.05, 4.69) is 0 Å². The molecule has 0 bridgehead atoms. The maximum Gasteiger partial charge on any atom is 0.119 e. The highest BCUT2D eigenvalue weighted by Gasteiger charge is 2.33. The van der Waals surface area contributed by atoms with Gasteiger partial charge < -0.3 is 15.6 Å². The summed E-state index contributed by atoms with van der Waals surface area (Å²) in [6.07, 6.45) is 2.83. The molecule has 3 nitrogen and oxygen atoms in total. The molecule has 1 aliphatic rings. The van der Waals surface area contributed by atoms with E-state index in [1.165, 1.54) is 0 Å². The Labute approximate surface area is 89.9 Å². The van der Waals surface area contributed by atoms with Gasteiger partial charge in [-0.2, -0.15) is 0 Å². The second-order valence-electron chi connectivity index (χ2n) is 4.25.